The molecule has 4 aromatic carbocycles. The summed E-state index contributed by atoms with van der Waals surface area (Å²) in [5.74, 6) is -1.72. The zero-order chi connectivity index (χ0) is 29.4. The molecule has 0 N–H and O–H groups in total. The standard InChI is InChI=1S/C35H33NO6/c1-40-32(37)23-27-22-31(36(33(27)38)34(39)41-24-26-14-6-2-7-15-26)25-42-35(28-16-8-3-9-17-28,29-18-10-4-11-19-29)30-20-12-5-13-21-30/h2-21,27,31H,22-25H2,1H3/t27-,31-/m0/s1. The Balaban J connectivity index is 1.49. The molecule has 2 amide bonds. The summed E-state index contributed by atoms with van der Waals surface area (Å²) in [4.78, 5) is 40.2. The zero-order valence-corrected chi connectivity index (χ0v) is 23.4. The quantitative estimate of drug-likeness (QED) is 0.171. The van der Waals surface area contributed by atoms with Crippen molar-refractivity contribution in [2.45, 2.75) is 31.1 Å². The van der Waals surface area contributed by atoms with Crippen LogP contribution in [0.15, 0.2) is 121 Å². The molecule has 42 heavy (non-hydrogen) atoms. The van der Waals surface area contributed by atoms with Crippen LogP contribution in [0.1, 0.15) is 35.1 Å². The molecular formula is C35H33NO6. The van der Waals surface area contributed by atoms with Crippen LogP contribution < -0.4 is 0 Å². The van der Waals surface area contributed by atoms with Gasteiger partial charge in [-0.15, -0.1) is 0 Å². The van der Waals surface area contributed by atoms with Crippen molar-refractivity contribution in [2.24, 2.45) is 5.92 Å². The number of esters is 1. The summed E-state index contributed by atoms with van der Waals surface area (Å²) in [5.41, 5.74) is 2.46. The van der Waals surface area contributed by atoms with Gasteiger partial charge in [-0.05, 0) is 28.7 Å². The fraction of sp³-hybridized carbons (Fsp3) is 0.229. The normalized spacial score (nSPS) is 16.7. The summed E-state index contributed by atoms with van der Waals surface area (Å²) in [7, 11) is 1.28. The van der Waals surface area contributed by atoms with Gasteiger partial charge in [-0.3, -0.25) is 9.59 Å². The van der Waals surface area contributed by atoms with E-state index in [2.05, 4.69) is 0 Å². The molecule has 0 aliphatic carbocycles. The Labute approximate surface area is 245 Å². The maximum Gasteiger partial charge on any atom is 0.417 e. The van der Waals surface area contributed by atoms with E-state index < -0.39 is 35.5 Å². The van der Waals surface area contributed by atoms with Crippen LogP contribution in [0, 0.1) is 5.92 Å². The summed E-state index contributed by atoms with van der Waals surface area (Å²) in [5, 5.41) is 0. The average molecular weight is 564 g/mol. The van der Waals surface area contributed by atoms with Crippen molar-refractivity contribution in [3.8, 4) is 0 Å². The first kappa shape index (κ1) is 28.8. The molecule has 1 fully saturated rings. The number of carbonyl (C=O) groups excluding carboxylic acids is 3. The van der Waals surface area contributed by atoms with Crippen LogP contribution in [0.3, 0.4) is 0 Å². The van der Waals surface area contributed by atoms with E-state index in [0.717, 1.165) is 27.2 Å². The van der Waals surface area contributed by atoms with Crippen LogP contribution in [0.25, 0.3) is 0 Å². The van der Waals surface area contributed by atoms with E-state index in [0.29, 0.717) is 0 Å². The molecule has 2 atom stereocenters. The number of nitrogens with zero attached hydrogens (tertiary/aromatic N) is 1. The second kappa shape index (κ2) is 13.3. The van der Waals surface area contributed by atoms with Gasteiger partial charge in [0.2, 0.25) is 5.91 Å². The number of likely N-dealkylation sites (tertiary alicyclic amines) is 1. The molecule has 1 aliphatic rings. The maximum atomic E-state index is 13.5. The highest BCUT2D eigenvalue weighted by atomic mass is 16.6. The van der Waals surface area contributed by atoms with Crippen LogP contribution >= 0.6 is 0 Å². The first-order chi connectivity index (χ1) is 20.5. The fourth-order valence-corrected chi connectivity index (χ4v) is 5.53. The molecule has 0 spiro atoms. The molecule has 0 bridgehead atoms. The van der Waals surface area contributed by atoms with Gasteiger partial charge in [-0.2, -0.15) is 0 Å². The van der Waals surface area contributed by atoms with Crippen molar-refractivity contribution in [2.75, 3.05) is 13.7 Å². The fourth-order valence-electron chi connectivity index (χ4n) is 5.53. The summed E-state index contributed by atoms with van der Waals surface area (Å²) in [6, 6.07) is 38.2. The molecule has 7 nitrogen and oxygen atoms in total. The molecule has 7 heteroatoms. The van der Waals surface area contributed by atoms with E-state index in [1.807, 2.05) is 121 Å². The lowest BCUT2D eigenvalue weighted by Gasteiger charge is -2.37. The minimum absolute atomic E-state index is 0.0146. The number of carbonyl (C=O) groups is 3. The smallest absolute Gasteiger partial charge is 0.417 e. The lowest BCUT2D eigenvalue weighted by Crippen LogP contribution is -2.44. The third kappa shape index (κ3) is 6.11. The Morgan fingerprint density at radius 1 is 0.762 bits per heavy atom. The first-order valence-electron chi connectivity index (χ1n) is 13.9. The topological polar surface area (TPSA) is 82.1 Å². The Bertz CT molecular complexity index is 1380. The van der Waals surface area contributed by atoms with Crippen molar-refractivity contribution < 1.29 is 28.6 Å². The molecule has 1 saturated heterocycles. The summed E-state index contributed by atoms with van der Waals surface area (Å²) in [6.45, 7) is 0.0310. The Hall–Kier alpha value is -4.75. The van der Waals surface area contributed by atoms with Gasteiger partial charge in [0.15, 0.2) is 0 Å². The molecule has 0 saturated carbocycles. The average Bonchev–Trinajstić information content (AvgIpc) is 3.36. The predicted octanol–water partition coefficient (Wildman–Crippen LogP) is 6.11. The van der Waals surface area contributed by atoms with Gasteiger partial charge in [0, 0.05) is 0 Å². The van der Waals surface area contributed by atoms with Gasteiger partial charge < -0.3 is 14.2 Å². The van der Waals surface area contributed by atoms with Gasteiger partial charge >= 0.3 is 12.1 Å². The number of benzene rings is 4. The van der Waals surface area contributed by atoms with Crippen molar-refractivity contribution in [3.05, 3.63) is 144 Å². The number of rotatable bonds is 10. The van der Waals surface area contributed by atoms with Crippen molar-refractivity contribution in [1.82, 2.24) is 4.90 Å². The Morgan fingerprint density at radius 3 is 1.71 bits per heavy atom. The molecule has 0 radical (unpaired) electrons. The van der Waals surface area contributed by atoms with Gasteiger partial charge in [0.1, 0.15) is 12.2 Å². The SMILES string of the molecule is COC(=O)C[C@@H]1C[C@@H](COC(c2ccccc2)(c2ccccc2)c2ccccc2)N(C(=O)OCc2ccccc2)C1=O. The zero-order valence-electron chi connectivity index (χ0n) is 23.4. The van der Waals surface area contributed by atoms with Gasteiger partial charge in [-0.25, -0.2) is 9.69 Å². The van der Waals surface area contributed by atoms with Gasteiger partial charge in [0.05, 0.1) is 32.1 Å². The van der Waals surface area contributed by atoms with Gasteiger partial charge in [-0.1, -0.05) is 121 Å². The third-order valence-corrected chi connectivity index (χ3v) is 7.58. The molecule has 1 aliphatic heterocycles. The second-order valence-electron chi connectivity index (χ2n) is 10.2. The highest BCUT2D eigenvalue weighted by molar-refractivity contribution is 5.97. The number of hydrogen-bond donors (Lipinski definition) is 0. The number of methoxy groups -OCH3 is 1. The van der Waals surface area contributed by atoms with Crippen LogP contribution in [0.5, 0.6) is 0 Å². The second-order valence-corrected chi connectivity index (χ2v) is 10.2. The third-order valence-electron chi connectivity index (χ3n) is 7.58. The van der Waals surface area contributed by atoms with E-state index in [4.69, 9.17) is 14.2 Å². The van der Waals surface area contributed by atoms with Crippen LogP contribution in [0.4, 0.5) is 4.79 Å². The first-order valence-corrected chi connectivity index (χ1v) is 13.9. The number of amides is 2. The minimum atomic E-state index is -1.03. The maximum absolute atomic E-state index is 13.5. The lowest BCUT2D eigenvalue weighted by molar-refractivity contribution is -0.144. The van der Waals surface area contributed by atoms with Crippen molar-refractivity contribution in [3.63, 3.8) is 0 Å². The highest BCUT2D eigenvalue weighted by Gasteiger charge is 2.47. The van der Waals surface area contributed by atoms with E-state index in [-0.39, 0.29) is 26.1 Å². The van der Waals surface area contributed by atoms with E-state index in [1.54, 1.807) is 0 Å². The van der Waals surface area contributed by atoms with E-state index in [9.17, 15) is 14.4 Å². The molecule has 5 rings (SSSR count). The number of imide groups is 1. The Kier molecular flexibility index (Phi) is 9.09. The van der Waals surface area contributed by atoms with Crippen LogP contribution in [0.2, 0.25) is 0 Å². The van der Waals surface area contributed by atoms with Crippen molar-refractivity contribution >= 4 is 18.0 Å². The van der Waals surface area contributed by atoms with Crippen LogP contribution in [-0.4, -0.2) is 42.6 Å². The van der Waals surface area contributed by atoms with Crippen molar-refractivity contribution in [1.29, 1.82) is 0 Å². The predicted molar refractivity (Wildman–Crippen MR) is 157 cm³/mol. The largest absolute Gasteiger partial charge is 0.469 e. The minimum Gasteiger partial charge on any atom is -0.469 e. The molecule has 1 heterocycles. The number of ether oxygens (including phenoxy) is 3. The van der Waals surface area contributed by atoms with Crippen LogP contribution in [-0.2, 0) is 36.0 Å². The van der Waals surface area contributed by atoms with E-state index in [1.165, 1.54) is 7.11 Å². The van der Waals surface area contributed by atoms with E-state index >= 15 is 0 Å². The summed E-state index contributed by atoms with van der Waals surface area (Å²) < 4.78 is 17.3. The summed E-state index contributed by atoms with van der Waals surface area (Å²) >= 11 is 0. The molecule has 0 aromatic heterocycles. The number of hydrogen-bond acceptors (Lipinski definition) is 6. The molecular weight excluding hydrogens is 530 g/mol. The summed E-state index contributed by atoms with van der Waals surface area (Å²) in [6.07, 6.45) is -0.659. The Morgan fingerprint density at radius 2 is 1.24 bits per heavy atom. The highest BCUT2D eigenvalue weighted by Crippen LogP contribution is 2.41. The molecule has 214 valence electrons. The lowest BCUT2D eigenvalue weighted by atomic mass is 9.80. The van der Waals surface area contributed by atoms with Gasteiger partial charge in [0.25, 0.3) is 0 Å². The monoisotopic (exact) mass is 563 g/mol. The molecule has 4 aromatic rings. The molecule has 0 unspecified atom stereocenters.